The van der Waals surface area contributed by atoms with Crippen molar-refractivity contribution in [3.8, 4) is 10.7 Å². The highest BCUT2D eigenvalue weighted by Crippen LogP contribution is 2.21. The van der Waals surface area contributed by atoms with Crippen molar-refractivity contribution in [2.24, 2.45) is 0 Å². The lowest BCUT2D eigenvalue weighted by Gasteiger charge is -1.97. The van der Waals surface area contributed by atoms with Crippen molar-refractivity contribution in [1.29, 1.82) is 0 Å². The molecule has 0 bridgehead atoms. The lowest BCUT2D eigenvalue weighted by molar-refractivity contribution is 0.0690. The first kappa shape index (κ1) is 13.2. The van der Waals surface area contributed by atoms with Gasteiger partial charge in [0.25, 0.3) is 6.01 Å². The van der Waals surface area contributed by atoms with Crippen molar-refractivity contribution in [3.63, 3.8) is 0 Å². The molecule has 0 amide bonds. The molecule has 0 aliphatic rings. The van der Waals surface area contributed by atoms with E-state index in [1.807, 2.05) is 5.38 Å². The SMILES string of the molecule is O=C(O)c1coc(NCc2csc(-c3cnccn3)n2)n1. The van der Waals surface area contributed by atoms with Gasteiger partial charge in [-0.2, -0.15) is 4.98 Å². The Bertz CT molecular complexity index is 755. The molecule has 0 saturated heterocycles. The minimum atomic E-state index is -1.13. The number of hydrogen-bond donors (Lipinski definition) is 2. The van der Waals surface area contributed by atoms with E-state index in [2.05, 4.69) is 25.3 Å². The molecule has 0 radical (unpaired) electrons. The Balaban J connectivity index is 1.66. The number of carboxylic acid groups (broad SMARTS) is 1. The molecule has 0 aliphatic carbocycles. The molecule has 3 rings (SSSR count). The number of carbonyl (C=O) groups is 1. The molecule has 9 heteroatoms. The summed E-state index contributed by atoms with van der Waals surface area (Å²) in [6.45, 7) is 0.371. The maximum absolute atomic E-state index is 10.7. The molecule has 3 aromatic rings. The monoisotopic (exact) mass is 303 g/mol. The van der Waals surface area contributed by atoms with Crippen LogP contribution in [0.15, 0.2) is 34.7 Å². The van der Waals surface area contributed by atoms with Crippen molar-refractivity contribution in [1.82, 2.24) is 19.9 Å². The molecule has 3 heterocycles. The average Bonchev–Trinajstić information content (AvgIpc) is 3.15. The Kier molecular flexibility index (Phi) is 3.56. The molecule has 3 aromatic heterocycles. The summed E-state index contributed by atoms with van der Waals surface area (Å²) in [4.78, 5) is 27.0. The first-order valence-corrected chi connectivity index (χ1v) is 6.74. The molecule has 0 unspecified atom stereocenters. The fraction of sp³-hybridized carbons (Fsp3) is 0.0833. The number of aromatic nitrogens is 4. The Hall–Kier alpha value is -2.81. The van der Waals surface area contributed by atoms with Crippen LogP contribution in [0, 0.1) is 0 Å². The van der Waals surface area contributed by atoms with Crippen molar-refractivity contribution < 1.29 is 14.3 Å². The first-order valence-electron chi connectivity index (χ1n) is 5.86. The van der Waals surface area contributed by atoms with Gasteiger partial charge in [0.2, 0.25) is 0 Å². The first-order chi connectivity index (χ1) is 10.2. The Morgan fingerprint density at radius 1 is 1.38 bits per heavy atom. The molecular formula is C12H9N5O3S. The van der Waals surface area contributed by atoms with Crippen LogP contribution in [0.3, 0.4) is 0 Å². The molecule has 21 heavy (non-hydrogen) atoms. The summed E-state index contributed by atoms with van der Waals surface area (Å²) in [5.74, 6) is -1.13. The molecule has 2 N–H and O–H groups in total. The number of hydrogen-bond acceptors (Lipinski definition) is 8. The van der Waals surface area contributed by atoms with Gasteiger partial charge in [0.05, 0.1) is 18.4 Å². The predicted molar refractivity (Wildman–Crippen MR) is 73.9 cm³/mol. The summed E-state index contributed by atoms with van der Waals surface area (Å²) in [5.41, 5.74) is 1.34. The Morgan fingerprint density at radius 3 is 3.00 bits per heavy atom. The van der Waals surface area contributed by atoms with Gasteiger partial charge < -0.3 is 14.8 Å². The fourth-order valence-electron chi connectivity index (χ4n) is 1.53. The Labute approximate surface area is 122 Å². The summed E-state index contributed by atoms with van der Waals surface area (Å²) in [6, 6.07) is 0.140. The molecule has 0 fully saturated rings. The van der Waals surface area contributed by atoms with E-state index in [4.69, 9.17) is 9.52 Å². The average molecular weight is 303 g/mol. The van der Waals surface area contributed by atoms with E-state index in [1.165, 1.54) is 11.3 Å². The van der Waals surface area contributed by atoms with Crippen LogP contribution in [-0.2, 0) is 6.54 Å². The molecule has 0 saturated carbocycles. The van der Waals surface area contributed by atoms with Crippen LogP contribution in [-0.4, -0.2) is 31.0 Å². The highest BCUT2D eigenvalue weighted by molar-refractivity contribution is 7.13. The van der Waals surface area contributed by atoms with Crippen molar-refractivity contribution >= 4 is 23.3 Å². The third-order valence-electron chi connectivity index (χ3n) is 2.48. The van der Waals surface area contributed by atoms with E-state index >= 15 is 0 Å². The van der Waals surface area contributed by atoms with Gasteiger partial charge in [-0.25, -0.2) is 9.78 Å². The third kappa shape index (κ3) is 3.03. The van der Waals surface area contributed by atoms with Crippen LogP contribution in [0.1, 0.15) is 16.2 Å². The molecular weight excluding hydrogens is 294 g/mol. The largest absolute Gasteiger partial charge is 0.476 e. The predicted octanol–water partition coefficient (Wildman–Crippen LogP) is 1.90. The van der Waals surface area contributed by atoms with Crippen LogP contribution in [0.5, 0.6) is 0 Å². The zero-order chi connectivity index (χ0) is 14.7. The van der Waals surface area contributed by atoms with Crippen LogP contribution < -0.4 is 5.32 Å². The van der Waals surface area contributed by atoms with Gasteiger partial charge in [0.1, 0.15) is 17.0 Å². The minimum Gasteiger partial charge on any atom is -0.476 e. The number of nitrogens with zero attached hydrogens (tertiary/aromatic N) is 4. The summed E-state index contributed by atoms with van der Waals surface area (Å²) >= 11 is 1.45. The number of oxazole rings is 1. The van der Waals surface area contributed by atoms with Crippen LogP contribution in [0.2, 0.25) is 0 Å². The standard InChI is InChI=1S/C12H9N5O3S/c18-11(19)9-5-20-12(17-9)15-3-7-6-21-10(16-7)8-4-13-1-2-14-8/h1-2,4-6H,3H2,(H,15,17)(H,18,19). The van der Waals surface area contributed by atoms with Gasteiger partial charge in [0, 0.05) is 17.8 Å². The number of carboxylic acids is 1. The van der Waals surface area contributed by atoms with Crippen molar-refractivity contribution in [2.45, 2.75) is 6.54 Å². The van der Waals surface area contributed by atoms with E-state index < -0.39 is 5.97 Å². The van der Waals surface area contributed by atoms with Crippen molar-refractivity contribution in [2.75, 3.05) is 5.32 Å². The van der Waals surface area contributed by atoms with Gasteiger partial charge >= 0.3 is 5.97 Å². The second-order valence-electron chi connectivity index (χ2n) is 3.93. The Morgan fingerprint density at radius 2 is 2.29 bits per heavy atom. The summed E-state index contributed by atoms with van der Waals surface area (Å²) in [7, 11) is 0. The molecule has 0 aromatic carbocycles. The summed E-state index contributed by atoms with van der Waals surface area (Å²) in [5, 5.41) is 14.2. The highest BCUT2D eigenvalue weighted by Gasteiger charge is 2.11. The number of aromatic carboxylic acids is 1. The van der Waals surface area contributed by atoms with Gasteiger partial charge in [-0.15, -0.1) is 11.3 Å². The maximum atomic E-state index is 10.7. The summed E-state index contributed by atoms with van der Waals surface area (Å²) in [6.07, 6.45) is 5.93. The lowest BCUT2D eigenvalue weighted by atomic mass is 10.4. The van der Waals surface area contributed by atoms with E-state index in [1.54, 1.807) is 18.6 Å². The van der Waals surface area contributed by atoms with E-state index in [-0.39, 0.29) is 11.7 Å². The van der Waals surface area contributed by atoms with Crippen LogP contribution in [0.4, 0.5) is 6.01 Å². The fourth-order valence-corrected chi connectivity index (χ4v) is 2.31. The van der Waals surface area contributed by atoms with Gasteiger partial charge in [-0.05, 0) is 0 Å². The lowest BCUT2D eigenvalue weighted by Crippen LogP contribution is -2.01. The second-order valence-corrected chi connectivity index (χ2v) is 4.79. The van der Waals surface area contributed by atoms with E-state index in [0.717, 1.165) is 17.0 Å². The zero-order valence-corrected chi connectivity index (χ0v) is 11.4. The maximum Gasteiger partial charge on any atom is 0.357 e. The van der Waals surface area contributed by atoms with Crippen LogP contribution in [0.25, 0.3) is 10.7 Å². The molecule has 8 nitrogen and oxygen atoms in total. The number of anilines is 1. The molecule has 0 atom stereocenters. The normalized spacial score (nSPS) is 10.5. The topological polar surface area (TPSA) is 114 Å². The van der Waals surface area contributed by atoms with E-state index in [9.17, 15) is 4.79 Å². The van der Waals surface area contributed by atoms with Gasteiger partial charge in [0.15, 0.2) is 5.69 Å². The number of rotatable bonds is 5. The molecule has 106 valence electrons. The quantitative estimate of drug-likeness (QED) is 0.734. The second kappa shape index (κ2) is 5.67. The van der Waals surface area contributed by atoms with E-state index in [0.29, 0.717) is 12.2 Å². The molecule has 0 aliphatic heterocycles. The highest BCUT2D eigenvalue weighted by atomic mass is 32.1. The minimum absolute atomic E-state index is 0.140. The zero-order valence-electron chi connectivity index (χ0n) is 10.6. The number of thiazole rings is 1. The molecule has 0 spiro atoms. The number of nitrogens with one attached hydrogen (secondary N) is 1. The van der Waals surface area contributed by atoms with Crippen molar-refractivity contribution in [3.05, 3.63) is 41.6 Å². The van der Waals surface area contributed by atoms with Gasteiger partial charge in [-0.3, -0.25) is 9.97 Å². The smallest absolute Gasteiger partial charge is 0.357 e. The third-order valence-corrected chi connectivity index (χ3v) is 3.39. The van der Waals surface area contributed by atoms with Crippen LogP contribution >= 0.6 is 11.3 Å². The summed E-state index contributed by atoms with van der Waals surface area (Å²) < 4.78 is 4.99. The van der Waals surface area contributed by atoms with Gasteiger partial charge in [-0.1, -0.05) is 0 Å².